The molecule has 1 aromatic rings. The van der Waals surface area contributed by atoms with Crippen LogP contribution in [-0.2, 0) is 4.79 Å². The van der Waals surface area contributed by atoms with Crippen molar-refractivity contribution in [2.75, 3.05) is 18.5 Å². The van der Waals surface area contributed by atoms with E-state index in [-0.39, 0.29) is 5.91 Å². The van der Waals surface area contributed by atoms with E-state index in [9.17, 15) is 4.79 Å². The van der Waals surface area contributed by atoms with E-state index in [1.165, 1.54) is 19.8 Å². The fourth-order valence-corrected chi connectivity index (χ4v) is 1.79. The molecule has 19 heavy (non-hydrogen) atoms. The second kappa shape index (κ2) is 6.57. The Morgan fingerprint density at radius 2 is 2.05 bits per heavy atom. The van der Waals surface area contributed by atoms with Gasteiger partial charge in [-0.3, -0.25) is 4.79 Å². The van der Waals surface area contributed by atoms with Crippen molar-refractivity contribution in [3.05, 3.63) is 24.3 Å². The lowest BCUT2D eigenvalue weighted by Crippen LogP contribution is -2.26. The van der Waals surface area contributed by atoms with Gasteiger partial charge in [0.25, 0.3) is 0 Å². The lowest BCUT2D eigenvalue weighted by molar-refractivity contribution is -0.114. The number of hydrogen-bond acceptors (Lipinski definition) is 3. The highest BCUT2D eigenvalue weighted by Gasteiger charge is 2.20. The molecule has 1 unspecified atom stereocenters. The zero-order valence-corrected chi connectivity index (χ0v) is 11.6. The quantitative estimate of drug-likeness (QED) is 0.793. The molecule has 2 N–H and O–H groups in total. The minimum absolute atomic E-state index is 0.0616. The smallest absolute Gasteiger partial charge is 0.221 e. The minimum atomic E-state index is -0.0616. The average molecular weight is 262 g/mol. The number of hydrogen-bond donors (Lipinski definition) is 2. The summed E-state index contributed by atoms with van der Waals surface area (Å²) in [5.41, 5.74) is 0.795. The summed E-state index contributed by atoms with van der Waals surface area (Å²) in [7, 11) is 0. The van der Waals surface area contributed by atoms with E-state index in [0.29, 0.717) is 12.5 Å². The number of ether oxygens (including phenoxy) is 1. The van der Waals surface area contributed by atoms with Crippen molar-refractivity contribution in [3.8, 4) is 5.75 Å². The van der Waals surface area contributed by atoms with Crippen molar-refractivity contribution in [3.63, 3.8) is 0 Å². The van der Waals surface area contributed by atoms with Crippen LogP contribution >= 0.6 is 0 Å². The summed E-state index contributed by atoms with van der Waals surface area (Å²) in [5.74, 6) is 1.27. The van der Waals surface area contributed by atoms with Crippen LogP contribution in [0, 0.1) is 5.92 Å². The van der Waals surface area contributed by atoms with Crippen molar-refractivity contribution < 1.29 is 9.53 Å². The zero-order valence-electron chi connectivity index (χ0n) is 11.6. The Morgan fingerprint density at radius 1 is 1.37 bits per heavy atom. The molecule has 0 saturated heterocycles. The first-order valence-electron chi connectivity index (χ1n) is 6.87. The number of nitrogens with one attached hydrogen (secondary N) is 2. The van der Waals surface area contributed by atoms with Gasteiger partial charge in [-0.2, -0.15) is 0 Å². The van der Waals surface area contributed by atoms with E-state index in [2.05, 4.69) is 17.6 Å². The topological polar surface area (TPSA) is 50.4 Å². The first-order chi connectivity index (χ1) is 9.13. The number of carbonyl (C=O) groups excluding carboxylic acids is 1. The number of amides is 1. The summed E-state index contributed by atoms with van der Waals surface area (Å²) in [6.45, 7) is 5.40. The Morgan fingerprint density at radius 3 is 2.63 bits per heavy atom. The van der Waals surface area contributed by atoms with Crippen LogP contribution in [-0.4, -0.2) is 25.1 Å². The van der Waals surface area contributed by atoms with Gasteiger partial charge in [0, 0.05) is 31.1 Å². The maximum absolute atomic E-state index is 10.9. The zero-order chi connectivity index (χ0) is 13.7. The van der Waals surface area contributed by atoms with E-state index in [0.717, 1.165) is 24.0 Å². The van der Waals surface area contributed by atoms with Crippen LogP contribution in [0.5, 0.6) is 5.75 Å². The highest BCUT2D eigenvalue weighted by Crippen LogP contribution is 2.19. The molecule has 0 aromatic heterocycles. The predicted molar refractivity (Wildman–Crippen MR) is 76.4 cm³/mol. The van der Waals surface area contributed by atoms with Crippen molar-refractivity contribution in [2.24, 2.45) is 5.92 Å². The summed E-state index contributed by atoms with van der Waals surface area (Å²) in [5, 5.41) is 6.23. The fourth-order valence-electron chi connectivity index (χ4n) is 1.79. The van der Waals surface area contributed by atoms with Gasteiger partial charge in [-0.25, -0.2) is 0 Å². The van der Waals surface area contributed by atoms with Gasteiger partial charge in [0.05, 0.1) is 6.61 Å². The molecule has 1 saturated carbocycles. The van der Waals surface area contributed by atoms with E-state index >= 15 is 0 Å². The van der Waals surface area contributed by atoms with Crippen LogP contribution in [0.4, 0.5) is 5.69 Å². The molecule has 1 aliphatic rings. The Bertz CT molecular complexity index is 413. The van der Waals surface area contributed by atoms with E-state index in [4.69, 9.17) is 4.74 Å². The summed E-state index contributed by atoms with van der Waals surface area (Å²) in [6, 6.07) is 8.21. The standard InChI is InChI=1S/C15H22N2O2/c1-11(9-16-13-3-4-13)10-19-15-7-5-14(6-8-15)17-12(2)18/h5-8,11,13,16H,3-4,9-10H2,1-2H3,(H,17,18). The molecule has 0 bridgehead atoms. The second-order valence-electron chi connectivity index (χ2n) is 5.30. The van der Waals surface area contributed by atoms with E-state index in [1.807, 2.05) is 24.3 Å². The summed E-state index contributed by atoms with van der Waals surface area (Å²) in [4.78, 5) is 10.9. The molecule has 1 atom stereocenters. The van der Waals surface area contributed by atoms with Crippen molar-refractivity contribution in [1.29, 1.82) is 0 Å². The summed E-state index contributed by atoms with van der Waals surface area (Å²) >= 11 is 0. The molecule has 1 amide bonds. The van der Waals surface area contributed by atoms with Crippen LogP contribution < -0.4 is 15.4 Å². The van der Waals surface area contributed by atoms with Gasteiger partial charge in [0.2, 0.25) is 5.91 Å². The van der Waals surface area contributed by atoms with Crippen LogP contribution in [0.2, 0.25) is 0 Å². The number of carbonyl (C=O) groups is 1. The third kappa shape index (κ3) is 5.30. The largest absolute Gasteiger partial charge is 0.493 e. The Labute approximate surface area is 114 Å². The van der Waals surface area contributed by atoms with Gasteiger partial charge in [0.15, 0.2) is 0 Å². The lowest BCUT2D eigenvalue weighted by Gasteiger charge is -2.14. The maximum Gasteiger partial charge on any atom is 0.221 e. The molecule has 1 aromatic carbocycles. The maximum atomic E-state index is 10.9. The molecular formula is C15H22N2O2. The van der Waals surface area contributed by atoms with Gasteiger partial charge in [-0.1, -0.05) is 6.92 Å². The number of benzene rings is 1. The normalized spacial score (nSPS) is 15.9. The third-order valence-electron chi connectivity index (χ3n) is 3.04. The van der Waals surface area contributed by atoms with Gasteiger partial charge in [-0.15, -0.1) is 0 Å². The molecule has 0 aliphatic heterocycles. The molecule has 4 heteroatoms. The second-order valence-corrected chi connectivity index (χ2v) is 5.30. The SMILES string of the molecule is CC(=O)Nc1ccc(OCC(C)CNC2CC2)cc1. The molecule has 0 radical (unpaired) electrons. The third-order valence-corrected chi connectivity index (χ3v) is 3.04. The van der Waals surface area contributed by atoms with Crippen LogP contribution in [0.15, 0.2) is 24.3 Å². The Kier molecular flexibility index (Phi) is 4.80. The van der Waals surface area contributed by atoms with Crippen molar-refractivity contribution >= 4 is 11.6 Å². The van der Waals surface area contributed by atoms with Crippen molar-refractivity contribution in [1.82, 2.24) is 5.32 Å². The number of anilines is 1. The van der Waals surface area contributed by atoms with Crippen LogP contribution in [0.3, 0.4) is 0 Å². The first kappa shape index (κ1) is 13.9. The van der Waals surface area contributed by atoms with Gasteiger partial charge < -0.3 is 15.4 Å². The van der Waals surface area contributed by atoms with Crippen LogP contribution in [0.25, 0.3) is 0 Å². The molecular weight excluding hydrogens is 240 g/mol. The Hall–Kier alpha value is -1.55. The van der Waals surface area contributed by atoms with E-state index in [1.54, 1.807) is 0 Å². The monoisotopic (exact) mass is 262 g/mol. The van der Waals surface area contributed by atoms with Crippen LogP contribution in [0.1, 0.15) is 26.7 Å². The first-order valence-corrected chi connectivity index (χ1v) is 6.87. The highest BCUT2D eigenvalue weighted by molar-refractivity contribution is 5.88. The number of rotatable bonds is 7. The molecule has 2 rings (SSSR count). The molecule has 0 spiro atoms. The minimum Gasteiger partial charge on any atom is -0.493 e. The molecule has 1 aliphatic carbocycles. The Balaban J connectivity index is 1.70. The van der Waals surface area contributed by atoms with Gasteiger partial charge in [-0.05, 0) is 37.1 Å². The molecule has 1 fully saturated rings. The van der Waals surface area contributed by atoms with E-state index < -0.39 is 0 Å². The lowest BCUT2D eigenvalue weighted by atomic mass is 10.2. The van der Waals surface area contributed by atoms with Crippen molar-refractivity contribution in [2.45, 2.75) is 32.7 Å². The molecule has 104 valence electrons. The molecule has 4 nitrogen and oxygen atoms in total. The fraction of sp³-hybridized carbons (Fsp3) is 0.533. The summed E-state index contributed by atoms with van der Waals surface area (Å²) < 4.78 is 5.73. The predicted octanol–water partition coefficient (Wildman–Crippen LogP) is 2.41. The average Bonchev–Trinajstić information content (AvgIpc) is 3.19. The van der Waals surface area contributed by atoms with Gasteiger partial charge >= 0.3 is 0 Å². The molecule has 0 heterocycles. The summed E-state index contributed by atoms with van der Waals surface area (Å²) in [6.07, 6.45) is 2.64. The van der Waals surface area contributed by atoms with Gasteiger partial charge in [0.1, 0.15) is 5.75 Å². The highest BCUT2D eigenvalue weighted by atomic mass is 16.5.